The van der Waals surface area contributed by atoms with Gasteiger partial charge in [-0.05, 0) is 50.3 Å². The molecule has 1 unspecified atom stereocenters. The minimum atomic E-state index is -0.233. The van der Waals surface area contributed by atoms with Gasteiger partial charge in [-0.15, -0.1) is 0 Å². The van der Waals surface area contributed by atoms with Crippen molar-refractivity contribution in [1.82, 2.24) is 0 Å². The molecule has 1 aromatic rings. The molecule has 1 aliphatic rings. The van der Waals surface area contributed by atoms with Gasteiger partial charge >= 0.3 is 0 Å². The van der Waals surface area contributed by atoms with E-state index in [1.54, 1.807) is 6.92 Å². The standard InChI is InChI=1S/C15H23FN2/c1-10-8-15(14(17)9-13(10)16)18-11(2)12-6-4-3-5-7-12/h8-9,11-12,18H,3-7,17H2,1-2H3. The molecule has 0 saturated heterocycles. The number of anilines is 2. The molecule has 0 bridgehead atoms. The van der Waals surface area contributed by atoms with E-state index in [0.717, 1.165) is 5.69 Å². The predicted octanol–water partition coefficient (Wildman–Crippen LogP) is 4.10. The third kappa shape index (κ3) is 2.95. The van der Waals surface area contributed by atoms with Crippen molar-refractivity contribution in [3.63, 3.8) is 0 Å². The highest BCUT2D eigenvalue weighted by atomic mass is 19.1. The van der Waals surface area contributed by atoms with Gasteiger partial charge in [-0.25, -0.2) is 4.39 Å². The quantitative estimate of drug-likeness (QED) is 0.793. The van der Waals surface area contributed by atoms with Crippen LogP contribution in [0.25, 0.3) is 0 Å². The summed E-state index contributed by atoms with van der Waals surface area (Å²) < 4.78 is 13.3. The first-order chi connectivity index (χ1) is 8.58. The van der Waals surface area contributed by atoms with Gasteiger partial charge in [0.15, 0.2) is 0 Å². The number of rotatable bonds is 3. The van der Waals surface area contributed by atoms with Gasteiger partial charge in [0.05, 0.1) is 11.4 Å². The number of aryl methyl sites for hydroxylation is 1. The van der Waals surface area contributed by atoms with Crippen LogP contribution in [0.3, 0.4) is 0 Å². The zero-order valence-electron chi connectivity index (χ0n) is 11.3. The van der Waals surface area contributed by atoms with Crippen LogP contribution in [0.1, 0.15) is 44.6 Å². The highest BCUT2D eigenvalue weighted by Crippen LogP contribution is 2.30. The summed E-state index contributed by atoms with van der Waals surface area (Å²) in [7, 11) is 0. The maximum Gasteiger partial charge on any atom is 0.128 e. The molecule has 3 N–H and O–H groups in total. The van der Waals surface area contributed by atoms with Crippen molar-refractivity contribution < 1.29 is 4.39 Å². The molecule has 2 nitrogen and oxygen atoms in total. The van der Waals surface area contributed by atoms with Crippen molar-refractivity contribution in [3.05, 3.63) is 23.5 Å². The molecule has 0 heterocycles. The van der Waals surface area contributed by atoms with Crippen molar-refractivity contribution >= 4 is 11.4 Å². The van der Waals surface area contributed by atoms with E-state index in [9.17, 15) is 4.39 Å². The van der Waals surface area contributed by atoms with E-state index in [-0.39, 0.29) is 5.82 Å². The van der Waals surface area contributed by atoms with Gasteiger partial charge in [-0.3, -0.25) is 0 Å². The van der Waals surface area contributed by atoms with Gasteiger partial charge < -0.3 is 11.1 Å². The Morgan fingerprint density at radius 2 is 1.94 bits per heavy atom. The predicted molar refractivity (Wildman–Crippen MR) is 75.2 cm³/mol. The number of hydrogen-bond acceptors (Lipinski definition) is 2. The van der Waals surface area contributed by atoms with Crippen LogP contribution in [0.15, 0.2) is 12.1 Å². The van der Waals surface area contributed by atoms with E-state index in [1.807, 2.05) is 6.07 Å². The molecule has 1 saturated carbocycles. The molecule has 0 aromatic heterocycles. The minimum absolute atomic E-state index is 0.233. The Labute approximate surface area is 109 Å². The second kappa shape index (κ2) is 5.59. The minimum Gasteiger partial charge on any atom is -0.397 e. The van der Waals surface area contributed by atoms with Crippen LogP contribution in [0, 0.1) is 18.7 Å². The molecule has 0 aliphatic heterocycles. The lowest BCUT2D eigenvalue weighted by molar-refractivity contribution is 0.328. The summed E-state index contributed by atoms with van der Waals surface area (Å²) in [6.07, 6.45) is 6.59. The Morgan fingerprint density at radius 3 is 2.61 bits per heavy atom. The average molecular weight is 250 g/mol. The summed E-state index contributed by atoms with van der Waals surface area (Å²) in [6.45, 7) is 3.97. The van der Waals surface area contributed by atoms with Gasteiger partial charge in [0.25, 0.3) is 0 Å². The van der Waals surface area contributed by atoms with Crippen molar-refractivity contribution in [1.29, 1.82) is 0 Å². The molecule has 100 valence electrons. The Kier molecular flexibility index (Phi) is 4.10. The van der Waals surface area contributed by atoms with E-state index in [0.29, 0.717) is 23.2 Å². The van der Waals surface area contributed by atoms with E-state index in [1.165, 1.54) is 38.2 Å². The zero-order valence-corrected chi connectivity index (χ0v) is 11.3. The molecule has 1 fully saturated rings. The summed E-state index contributed by atoms with van der Waals surface area (Å²) in [5.74, 6) is 0.479. The fourth-order valence-corrected chi connectivity index (χ4v) is 2.82. The molecule has 1 aromatic carbocycles. The third-order valence-electron chi connectivity index (χ3n) is 4.07. The van der Waals surface area contributed by atoms with Crippen LogP contribution >= 0.6 is 0 Å². The molecule has 1 aliphatic carbocycles. The van der Waals surface area contributed by atoms with Crippen molar-refractivity contribution in [2.24, 2.45) is 5.92 Å². The van der Waals surface area contributed by atoms with Gasteiger partial charge in [-0.2, -0.15) is 0 Å². The molecule has 1 atom stereocenters. The number of nitrogens with one attached hydrogen (secondary N) is 1. The van der Waals surface area contributed by atoms with Crippen molar-refractivity contribution in [2.75, 3.05) is 11.1 Å². The number of halogens is 1. The monoisotopic (exact) mass is 250 g/mol. The van der Waals surface area contributed by atoms with Crippen LogP contribution in [0.5, 0.6) is 0 Å². The Morgan fingerprint density at radius 1 is 1.28 bits per heavy atom. The molecule has 0 spiro atoms. The van der Waals surface area contributed by atoms with Crippen LogP contribution in [-0.4, -0.2) is 6.04 Å². The van der Waals surface area contributed by atoms with E-state index in [4.69, 9.17) is 5.73 Å². The second-order valence-corrected chi connectivity index (χ2v) is 5.52. The summed E-state index contributed by atoms with van der Waals surface area (Å²) >= 11 is 0. The lowest BCUT2D eigenvalue weighted by atomic mass is 9.84. The van der Waals surface area contributed by atoms with Crippen LogP contribution in [0.4, 0.5) is 15.8 Å². The molecule has 2 rings (SSSR count). The van der Waals surface area contributed by atoms with Gasteiger partial charge in [0.1, 0.15) is 5.82 Å². The smallest absolute Gasteiger partial charge is 0.128 e. The summed E-state index contributed by atoms with van der Waals surface area (Å²) in [5.41, 5.74) is 7.88. The number of nitrogens with two attached hydrogens (primary N) is 1. The average Bonchev–Trinajstić information content (AvgIpc) is 2.37. The lowest BCUT2D eigenvalue weighted by Crippen LogP contribution is -2.28. The molecule has 3 heteroatoms. The van der Waals surface area contributed by atoms with Crippen LogP contribution in [-0.2, 0) is 0 Å². The van der Waals surface area contributed by atoms with Gasteiger partial charge in [0.2, 0.25) is 0 Å². The summed E-state index contributed by atoms with van der Waals surface area (Å²) in [5, 5.41) is 3.46. The van der Waals surface area contributed by atoms with E-state index >= 15 is 0 Å². The summed E-state index contributed by atoms with van der Waals surface area (Å²) in [6, 6.07) is 3.62. The highest BCUT2D eigenvalue weighted by molar-refractivity contribution is 5.67. The lowest BCUT2D eigenvalue weighted by Gasteiger charge is -2.29. The molecule has 0 radical (unpaired) electrons. The maximum atomic E-state index is 13.3. The van der Waals surface area contributed by atoms with Gasteiger partial charge in [0, 0.05) is 6.04 Å². The van der Waals surface area contributed by atoms with E-state index < -0.39 is 0 Å². The Hall–Kier alpha value is -1.25. The Bertz CT molecular complexity index is 411. The first-order valence-electron chi connectivity index (χ1n) is 6.90. The maximum absolute atomic E-state index is 13.3. The molecular weight excluding hydrogens is 227 g/mol. The fraction of sp³-hybridized carbons (Fsp3) is 0.600. The molecule has 18 heavy (non-hydrogen) atoms. The fourth-order valence-electron chi connectivity index (χ4n) is 2.82. The summed E-state index contributed by atoms with van der Waals surface area (Å²) in [4.78, 5) is 0. The number of benzene rings is 1. The molecule has 0 amide bonds. The van der Waals surface area contributed by atoms with Crippen molar-refractivity contribution in [3.8, 4) is 0 Å². The largest absolute Gasteiger partial charge is 0.397 e. The molecular formula is C15H23FN2. The van der Waals surface area contributed by atoms with Crippen LogP contribution < -0.4 is 11.1 Å². The first-order valence-corrected chi connectivity index (χ1v) is 6.90. The Balaban J connectivity index is 2.06. The second-order valence-electron chi connectivity index (χ2n) is 5.52. The SMILES string of the molecule is Cc1cc(NC(C)C2CCCCC2)c(N)cc1F. The highest BCUT2D eigenvalue weighted by Gasteiger charge is 2.20. The topological polar surface area (TPSA) is 38.0 Å². The van der Waals surface area contributed by atoms with E-state index in [2.05, 4.69) is 12.2 Å². The number of hydrogen-bond donors (Lipinski definition) is 2. The zero-order chi connectivity index (χ0) is 13.1. The van der Waals surface area contributed by atoms with Crippen molar-refractivity contribution in [2.45, 2.75) is 52.0 Å². The van der Waals surface area contributed by atoms with Crippen LogP contribution in [0.2, 0.25) is 0 Å². The normalized spacial score (nSPS) is 18.6. The third-order valence-corrected chi connectivity index (χ3v) is 4.07. The van der Waals surface area contributed by atoms with Gasteiger partial charge in [-0.1, -0.05) is 19.3 Å². The number of nitrogen functional groups attached to an aromatic ring is 1. The first kappa shape index (κ1) is 13.2.